The van der Waals surface area contributed by atoms with Gasteiger partial charge in [-0.1, -0.05) is 46.9 Å². The van der Waals surface area contributed by atoms with Crippen LogP contribution in [0.25, 0.3) is 6.08 Å². The summed E-state index contributed by atoms with van der Waals surface area (Å²) in [5.74, 6) is -0.753. The van der Waals surface area contributed by atoms with Crippen molar-refractivity contribution in [2.75, 3.05) is 11.5 Å². The zero-order valence-corrected chi connectivity index (χ0v) is 21.2. The van der Waals surface area contributed by atoms with Crippen molar-refractivity contribution in [2.24, 2.45) is 0 Å². The maximum absolute atomic E-state index is 13.1. The predicted octanol–water partition coefficient (Wildman–Crippen LogP) is 6.29. The maximum Gasteiger partial charge on any atom is 0.335 e. The van der Waals surface area contributed by atoms with Crippen LogP contribution < -0.4 is 19.7 Å². The fourth-order valence-electron chi connectivity index (χ4n) is 3.47. The molecule has 0 saturated carbocycles. The van der Waals surface area contributed by atoms with Crippen LogP contribution in [0, 0.1) is 0 Å². The maximum atomic E-state index is 13.1. The first kappa shape index (κ1) is 25.6. The molecule has 7 nitrogen and oxygen atoms in total. The molecule has 0 spiro atoms. The first-order chi connectivity index (χ1) is 17.3. The minimum atomic E-state index is -0.846. The summed E-state index contributed by atoms with van der Waals surface area (Å²) in [7, 11) is 0. The number of rotatable bonds is 7. The number of carbonyl (C=O) groups is 3. The molecule has 0 aliphatic carbocycles. The number of ether oxygens (including phenoxy) is 2. The summed E-state index contributed by atoms with van der Waals surface area (Å²) in [5.41, 5.74) is 1.18. The van der Waals surface area contributed by atoms with Crippen LogP contribution in [0.5, 0.6) is 11.5 Å². The molecule has 1 N–H and O–H groups in total. The van der Waals surface area contributed by atoms with E-state index in [0.29, 0.717) is 44.3 Å². The van der Waals surface area contributed by atoms with Crippen LogP contribution in [0.1, 0.15) is 18.1 Å². The van der Waals surface area contributed by atoms with E-state index in [-0.39, 0.29) is 17.9 Å². The Morgan fingerprint density at radius 3 is 2.25 bits per heavy atom. The number of urea groups is 1. The van der Waals surface area contributed by atoms with Crippen molar-refractivity contribution < 1.29 is 23.9 Å². The lowest BCUT2D eigenvalue weighted by Gasteiger charge is -2.26. The van der Waals surface area contributed by atoms with Gasteiger partial charge in [0.2, 0.25) is 0 Å². The number of halogens is 3. The van der Waals surface area contributed by atoms with Gasteiger partial charge in [0, 0.05) is 20.6 Å². The van der Waals surface area contributed by atoms with Crippen molar-refractivity contribution in [3.8, 4) is 11.5 Å². The second kappa shape index (κ2) is 11.0. The average molecular weight is 546 g/mol. The van der Waals surface area contributed by atoms with Crippen LogP contribution >= 0.6 is 34.8 Å². The van der Waals surface area contributed by atoms with Crippen LogP contribution in [0.3, 0.4) is 0 Å². The zero-order valence-electron chi connectivity index (χ0n) is 18.9. The topological polar surface area (TPSA) is 84.9 Å². The number of hydrogen-bond acceptors (Lipinski definition) is 5. The van der Waals surface area contributed by atoms with E-state index in [0.717, 1.165) is 4.90 Å². The van der Waals surface area contributed by atoms with Gasteiger partial charge in [0.05, 0.1) is 12.3 Å². The number of hydrogen-bond donors (Lipinski definition) is 1. The molecule has 3 aromatic rings. The summed E-state index contributed by atoms with van der Waals surface area (Å²) in [4.78, 5) is 38.9. The van der Waals surface area contributed by atoms with Gasteiger partial charge in [-0.3, -0.25) is 14.9 Å². The van der Waals surface area contributed by atoms with Crippen LogP contribution in [-0.4, -0.2) is 24.5 Å². The minimum absolute atomic E-state index is 0.109. The van der Waals surface area contributed by atoms with E-state index >= 15 is 0 Å². The zero-order chi connectivity index (χ0) is 25.8. The third-order valence-corrected chi connectivity index (χ3v) is 6.16. The van der Waals surface area contributed by atoms with E-state index in [1.807, 2.05) is 6.92 Å². The average Bonchev–Trinajstić information content (AvgIpc) is 2.84. The molecule has 4 amide bonds. The molecule has 4 rings (SSSR count). The molecule has 0 radical (unpaired) electrons. The SMILES string of the molecule is CCOc1cc(/C=C2\C(=O)NC(=O)N(c3ccc(Cl)cc3)C2=O)ccc1OCc1c(Cl)cccc1Cl. The normalized spacial score (nSPS) is 14.7. The van der Waals surface area contributed by atoms with Gasteiger partial charge in [0.25, 0.3) is 11.8 Å². The molecule has 0 bridgehead atoms. The number of nitrogens with zero attached hydrogens (tertiary/aromatic N) is 1. The number of barbiturate groups is 1. The summed E-state index contributed by atoms with van der Waals surface area (Å²) in [6, 6.07) is 15.4. The van der Waals surface area contributed by atoms with Gasteiger partial charge in [-0.25, -0.2) is 9.69 Å². The Bertz CT molecular complexity index is 1350. The number of imide groups is 2. The highest BCUT2D eigenvalue weighted by atomic mass is 35.5. The summed E-state index contributed by atoms with van der Waals surface area (Å²) in [6.07, 6.45) is 1.38. The molecule has 3 aromatic carbocycles. The molecule has 1 aliphatic heterocycles. The monoisotopic (exact) mass is 544 g/mol. The third-order valence-electron chi connectivity index (χ3n) is 5.20. The highest BCUT2D eigenvalue weighted by Crippen LogP contribution is 2.33. The fraction of sp³-hybridized carbons (Fsp3) is 0.115. The standard InChI is InChI=1S/C26H19Cl3N2O5/c1-2-35-23-13-15(6-11-22(23)36-14-19-20(28)4-3-5-21(19)29)12-18-24(32)30-26(34)31(25(18)33)17-9-7-16(27)8-10-17/h3-13H,2,14H2,1H3,(H,30,32,34)/b18-12+. The first-order valence-corrected chi connectivity index (χ1v) is 11.9. The van der Waals surface area contributed by atoms with Gasteiger partial charge in [0.1, 0.15) is 12.2 Å². The van der Waals surface area contributed by atoms with Gasteiger partial charge < -0.3 is 9.47 Å². The Balaban J connectivity index is 1.62. The fourth-order valence-corrected chi connectivity index (χ4v) is 4.10. The second-order valence-corrected chi connectivity index (χ2v) is 8.81. The number of amides is 4. The van der Waals surface area contributed by atoms with Crippen LogP contribution in [-0.2, 0) is 16.2 Å². The van der Waals surface area contributed by atoms with Gasteiger partial charge in [-0.2, -0.15) is 0 Å². The molecule has 0 atom stereocenters. The van der Waals surface area contributed by atoms with Crippen molar-refractivity contribution >= 4 is 64.4 Å². The lowest BCUT2D eigenvalue weighted by atomic mass is 10.1. The summed E-state index contributed by atoms with van der Waals surface area (Å²) < 4.78 is 11.6. The van der Waals surface area contributed by atoms with E-state index in [4.69, 9.17) is 44.3 Å². The third kappa shape index (κ3) is 5.49. The molecule has 0 aromatic heterocycles. The van der Waals surface area contributed by atoms with E-state index in [2.05, 4.69) is 5.32 Å². The highest BCUT2D eigenvalue weighted by molar-refractivity contribution is 6.39. The van der Waals surface area contributed by atoms with E-state index in [9.17, 15) is 14.4 Å². The second-order valence-electron chi connectivity index (χ2n) is 7.56. The number of benzene rings is 3. The van der Waals surface area contributed by atoms with Crippen molar-refractivity contribution in [3.63, 3.8) is 0 Å². The summed E-state index contributed by atoms with van der Waals surface area (Å²) >= 11 is 18.4. The molecule has 1 fully saturated rings. The van der Waals surface area contributed by atoms with Crippen LogP contribution in [0.2, 0.25) is 15.1 Å². The number of carbonyl (C=O) groups excluding carboxylic acids is 3. The molecule has 1 aliphatic rings. The lowest BCUT2D eigenvalue weighted by molar-refractivity contribution is -0.122. The van der Waals surface area contributed by atoms with Crippen molar-refractivity contribution in [1.82, 2.24) is 5.32 Å². The molecule has 1 heterocycles. The van der Waals surface area contributed by atoms with Crippen LogP contribution in [0.4, 0.5) is 10.5 Å². The van der Waals surface area contributed by atoms with Crippen LogP contribution in [0.15, 0.2) is 66.2 Å². The van der Waals surface area contributed by atoms with Gasteiger partial charge in [-0.05, 0) is 67.1 Å². The van der Waals surface area contributed by atoms with E-state index in [1.165, 1.54) is 18.2 Å². The number of nitrogens with one attached hydrogen (secondary N) is 1. The quantitative estimate of drug-likeness (QED) is 0.279. The molecule has 184 valence electrons. The van der Waals surface area contributed by atoms with Gasteiger partial charge in [0.15, 0.2) is 11.5 Å². The molecule has 0 unspecified atom stereocenters. The Hall–Kier alpha value is -3.52. The molecular weight excluding hydrogens is 527 g/mol. The van der Waals surface area contributed by atoms with Crippen molar-refractivity contribution in [3.05, 3.63) is 92.4 Å². The van der Waals surface area contributed by atoms with E-state index < -0.39 is 17.8 Å². The Kier molecular flexibility index (Phi) is 7.84. The Labute approximate surface area is 222 Å². The van der Waals surface area contributed by atoms with Crippen molar-refractivity contribution in [1.29, 1.82) is 0 Å². The van der Waals surface area contributed by atoms with E-state index in [1.54, 1.807) is 48.5 Å². The largest absolute Gasteiger partial charge is 0.490 e. The Morgan fingerprint density at radius 2 is 1.58 bits per heavy atom. The number of anilines is 1. The van der Waals surface area contributed by atoms with Gasteiger partial charge in [-0.15, -0.1) is 0 Å². The summed E-state index contributed by atoms with van der Waals surface area (Å²) in [5, 5.41) is 3.58. The molecule has 10 heteroatoms. The Morgan fingerprint density at radius 1 is 0.889 bits per heavy atom. The smallest absolute Gasteiger partial charge is 0.335 e. The molecule has 1 saturated heterocycles. The van der Waals surface area contributed by atoms with Crippen molar-refractivity contribution in [2.45, 2.75) is 13.5 Å². The molecular formula is C26H19Cl3N2O5. The predicted molar refractivity (Wildman–Crippen MR) is 139 cm³/mol. The highest BCUT2D eigenvalue weighted by Gasteiger charge is 2.36. The van der Waals surface area contributed by atoms with Gasteiger partial charge >= 0.3 is 6.03 Å². The molecule has 36 heavy (non-hydrogen) atoms. The first-order valence-electron chi connectivity index (χ1n) is 10.8. The summed E-state index contributed by atoms with van der Waals surface area (Å²) in [6.45, 7) is 2.27. The minimum Gasteiger partial charge on any atom is -0.490 e. The lowest BCUT2D eigenvalue weighted by Crippen LogP contribution is -2.54.